The fourth-order valence-electron chi connectivity index (χ4n) is 5.30. The molecule has 0 radical (unpaired) electrons. The molecule has 1 aromatic carbocycles. The maximum Gasteiger partial charge on any atom is 0.251 e. The molecule has 2 aliphatic rings. The third kappa shape index (κ3) is 3.30. The lowest BCUT2D eigenvalue weighted by Crippen LogP contribution is -2.40. The molecular weight excluding hydrogens is 394 g/mol. The number of carbonyl (C=O) groups excluding carboxylic acids is 2. The number of benzene rings is 1. The van der Waals surface area contributed by atoms with Crippen LogP contribution in [0, 0.1) is 18.8 Å². The van der Waals surface area contributed by atoms with Crippen molar-refractivity contribution in [2.75, 3.05) is 13.1 Å². The molecule has 0 unspecified atom stereocenters. The summed E-state index contributed by atoms with van der Waals surface area (Å²) in [6.45, 7) is 6.85. The normalized spacial score (nSPS) is 25.4. The van der Waals surface area contributed by atoms with Crippen LogP contribution in [0.15, 0.2) is 35.0 Å². The number of aromatic nitrogens is 3. The van der Waals surface area contributed by atoms with Gasteiger partial charge < -0.3 is 19.7 Å². The second-order valence-electron chi connectivity index (χ2n) is 9.26. The van der Waals surface area contributed by atoms with Crippen LogP contribution in [0.3, 0.4) is 0 Å². The summed E-state index contributed by atoms with van der Waals surface area (Å²) in [6, 6.07) is 7.64. The molecule has 1 aliphatic heterocycles. The molecule has 5 rings (SSSR count). The van der Waals surface area contributed by atoms with E-state index in [4.69, 9.17) is 4.52 Å². The Morgan fingerprint density at radius 1 is 1.32 bits per heavy atom. The minimum atomic E-state index is -0.410. The molecule has 1 saturated heterocycles. The van der Waals surface area contributed by atoms with Crippen molar-refractivity contribution in [3.05, 3.63) is 47.7 Å². The second-order valence-corrected chi connectivity index (χ2v) is 9.26. The summed E-state index contributed by atoms with van der Waals surface area (Å²) in [7, 11) is 0. The van der Waals surface area contributed by atoms with Gasteiger partial charge in [-0.2, -0.15) is 4.98 Å². The maximum absolute atomic E-state index is 13.0. The van der Waals surface area contributed by atoms with Gasteiger partial charge in [0.2, 0.25) is 11.8 Å². The van der Waals surface area contributed by atoms with Gasteiger partial charge in [0.1, 0.15) is 0 Å². The van der Waals surface area contributed by atoms with E-state index >= 15 is 0 Å². The zero-order valence-electron chi connectivity index (χ0n) is 18.0. The molecule has 31 heavy (non-hydrogen) atoms. The minimum absolute atomic E-state index is 0.0136. The summed E-state index contributed by atoms with van der Waals surface area (Å²) < 4.78 is 5.60. The van der Waals surface area contributed by atoms with E-state index in [1.165, 1.54) is 0 Å². The van der Waals surface area contributed by atoms with Crippen LogP contribution in [0.25, 0.3) is 10.9 Å². The summed E-state index contributed by atoms with van der Waals surface area (Å²) in [5.74, 6) is 1.34. The lowest BCUT2D eigenvalue weighted by Gasteiger charge is -2.26. The van der Waals surface area contributed by atoms with Gasteiger partial charge in [-0.15, -0.1) is 0 Å². The average molecular weight is 422 g/mol. The van der Waals surface area contributed by atoms with Crippen molar-refractivity contribution in [2.45, 2.75) is 45.1 Å². The molecule has 2 aromatic heterocycles. The van der Waals surface area contributed by atoms with E-state index in [-0.39, 0.29) is 29.7 Å². The Morgan fingerprint density at radius 2 is 2.16 bits per heavy atom. The first-order chi connectivity index (χ1) is 14.9. The van der Waals surface area contributed by atoms with Crippen molar-refractivity contribution in [1.82, 2.24) is 25.3 Å². The number of nitrogens with zero attached hydrogens (tertiary/aromatic N) is 3. The zero-order chi connectivity index (χ0) is 21.8. The lowest BCUT2D eigenvalue weighted by molar-refractivity contribution is -0.133. The third-order valence-electron chi connectivity index (χ3n) is 6.79. The van der Waals surface area contributed by atoms with Crippen molar-refractivity contribution in [2.24, 2.45) is 11.8 Å². The van der Waals surface area contributed by atoms with Crippen LogP contribution in [0.1, 0.15) is 48.8 Å². The number of H-pyrrole nitrogens is 1. The monoisotopic (exact) mass is 421 g/mol. The van der Waals surface area contributed by atoms with Gasteiger partial charge in [0.15, 0.2) is 5.82 Å². The molecule has 0 spiro atoms. The molecule has 2 amide bonds. The molecule has 2 N–H and O–H groups in total. The van der Waals surface area contributed by atoms with Crippen molar-refractivity contribution in [3.8, 4) is 0 Å². The van der Waals surface area contributed by atoms with Gasteiger partial charge in [-0.3, -0.25) is 9.59 Å². The Kier molecular flexibility index (Phi) is 4.60. The highest BCUT2D eigenvalue weighted by molar-refractivity contribution is 5.98. The van der Waals surface area contributed by atoms with Crippen LogP contribution in [-0.2, 0) is 10.2 Å². The topological polar surface area (TPSA) is 104 Å². The summed E-state index contributed by atoms with van der Waals surface area (Å²) >= 11 is 0. The number of amides is 2. The lowest BCUT2D eigenvalue weighted by atomic mass is 9.80. The van der Waals surface area contributed by atoms with Gasteiger partial charge in [-0.25, -0.2) is 0 Å². The molecule has 0 bridgehead atoms. The molecular formula is C23H27N5O3. The Bertz CT molecular complexity index is 1150. The molecule has 2 fully saturated rings. The summed E-state index contributed by atoms with van der Waals surface area (Å²) in [6.07, 6.45) is 3.32. The highest BCUT2D eigenvalue weighted by Crippen LogP contribution is 2.50. The summed E-state index contributed by atoms with van der Waals surface area (Å²) in [4.78, 5) is 35.2. The Balaban J connectivity index is 1.37. The van der Waals surface area contributed by atoms with E-state index in [2.05, 4.69) is 20.4 Å². The van der Waals surface area contributed by atoms with Crippen molar-refractivity contribution in [3.63, 3.8) is 0 Å². The smallest absolute Gasteiger partial charge is 0.251 e. The Labute approximate surface area is 180 Å². The van der Waals surface area contributed by atoms with Crippen LogP contribution < -0.4 is 5.32 Å². The summed E-state index contributed by atoms with van der Waals surface area (Å²) in [5, 5.41) is 8.28. The molecule has 3 aromatic rings. The predicted molar refractivity (Wildman–Crippen MR) is 114 cm³/mol. The first-order valence-electron chi connectivity index (χ1n) is 10.8. The standard InChI is InChI=1S/C23H27N5O3/c1-13(2)21(30)28-11-17-9-18(10-23(17,12-28)22-25-14(3)27-31-22)26-20(29)16-5-4-15-6-7-24-19(15)8-16/h4-8,13,17-18,24H,9-12H2,1-3H3,(H,26,29)/t17-,18+,23-/m0/s1. The highest BCUT2D eigenvalue weighted by atomic mass is 16.5. The number of carbonyl (C=O) groups is 2. The van der Waals surface area contributed by atoms with Crippen molar-refractivity contribution in [1.29, 1.82) is 0 Å². The molecule has 8 heteroatoms. The van der Waals surface area contributed by atoms with Gasteiger partial charge in [0.05, 0.1) is 5.41 Å². The predicted octanol–water partition coefficient (Wildman–Crippen LogP) is 2.80. The first-order valence-corrected chi connectivity index (χ1v) is 10.8. The number of hydrogen-bond donors (Lipinski definition) is 2. The number of aryl methyl sites for hydroxylation is 1. The van der Waals surface area contributed by atoms with Crippen LogP contribution in [0.4, 0.5) is 0 Å². The van der Waals surface area contributed by atoms with E-state index in [0.717, 1.165) is 17.3 Å². The molecule has 162 valence electrons. The summed E-state index contributed by atoms with van der Waals surface area (Å²) in [5.41, 5.74) is 1.16. The fraction of sp³-hybridized carbons (Fsp3) is 0.478. The van der Waals surface area contributed by atoms with Crippen LogP contribution in [0.5, 0.6) is 0 Å². The SMILES string of the molecule is Cc1noc([C@]23C[C@H](NC(=O)c4ccc5cc[nH]c5c4)C[C@H]2CN(C(=O)C(C)C)C3)n1. The van der Waals surface area contributed by atoms with E-state index in [1.54, 1.807) is 6.92 Å². The molecule has 1 saturated carbocycles. The molecule has 3 atom stereocenters. The number of fused-ring (bicyclic) bond motifs is 2. The molecule has 1 aliphatic carbocycles. The number of nitrogens with one attached hydrogen (secondary N) is 2. The Morgan fingerprint density at radius 3 is 2.90 bits per heavy atom. The maximum atomic E-state index is 13.0. The molecule has 3 heterocycles. The van der Waals surface area contributed by atoms with Crippen LogP contribution in [0.2, 0.25) is 0 Å². The average Bonchev–Trinajstić information content (AvgIpc) is 3.48. The fourth-order valence-corrected chi connectivity index (χ4v) is 5.30. The van der Waals surface area contributed by atoms with Gasteiger partial charge >= 0.3 is 0 Å². The van der Waals surface area contributed by atoms with Gasteiger partial charge in [-0.05, 0) is 49.3 Å². The number of rotatable bonds is 4. The van der Waals surface area contributed by atoms with E-state index in [1.807, 2.05) is 49.2 Å². The highest BCUT2D eigenvalue weighted by Gasteiger charge is 2.58. The number of likely N-dealkylation sites (tertiary alicyclic amines) is 1. The number of hydrogen-bond acceptors (Lipinski definition) is 5. The van der Waals surface area contributed by atoms with Crippen molar-refractivity contribution >= 4 is 22.7 Å². The largest absolute Gasteiger partial charge is 0.361 e. The van der Waals surface area contributed by atoms with E-state index < -0.39 is 5.41 Å². The number of aromatic amines is 1. The Hall–Kier alpha value is -3.16. The van der Waals surface area contributed by atoms with Crippen molar-refractivity contribution < 1.29 is 14.1 Å². The van der Waals surface area contributed by atoms with E-state index in [0.29, 0.717) is 36.8 Å². The minimum Gasteiger partial charge on any atom is -0.361 e. The van der Waals surface area contributed by atoms with E-state index in [9.17, 15) is 9.59 Å². The first kappa shape index (κ1) is 19.8. The van der Waals surface area contributed by atoms with Crippen LogP contribution >= 0.6 is 0 Å². The van der Waals surface area contributed by atoms with Gasteiger partial charge in [-0.1, -0.05) is 25.1 Å². The van der Waals surface area contributed by atoms with Crippen LogP contribution in [-0.4, -0.2) is 51.0 Å². The third-order valence-corrected chi connectivity index (χ3v) is 6.79. The molecule has 8 nitrogen and oxygen atoms in total. The van der Waals surface area contributed by atoms with Gasteiger partial charge in [0.25, 0.3) is 5.91 Å². The van der Waals surface area contributed by atoms with Gasteiger partial charge in [0, 0.05) is 42.3 Å². The second kappa shape index (κ2) is 7.21. The zero-order valence-corrected chi connectivity index (χ0v) is 18.0. The quantitative estimate of drug-likeness (QED) is 0.674.